The Morgan fingerprint density at radius 2 is 1.65 bits per heavy atom. The largest absolute Gasteiger partial charge is 0.508 e. The minimum absolute atomic E-state index is 0.276. The zero-order chi connectivity index (χ0) is 12.1. The molecule has 0 fully saturated rings. The molecule has 17 heavy (non-hydrogen) atoms. The molecule has 2 nitrogen and oxygen atoms in total. The lowest BCUT2D eigenvalue weighted by atomic mass is 9.99. The summed E-state index contributed by atoms with van der Waals surface area (Å²) in [4.78, 5) is 0. The standard InChI is InChI=1S/C15H17NO/c1-16-15(11-12-5-3-2-4-6-12)13-7-9-14(17)10-8-13/h2-10,15-17H,11H2,1H3. The normalized spacial score (nSPS) is 12.3. The summed E-state index contributed by atoms with van der Waals surface area (Å²) in [5.74, 6) is 0.309. The highest BCUT2D eigenvalue weighted by Crippen LogP contribution is 2.20. The van der Waals surface area contributed by atoms with Gasteiger partial charge in [-0.25, -0.2) is 0 Å². The van der Waals surface area contributed by atoms with Gasteiger partial charge in [-0.1, -0.05) is 42.5 Å². The number of likely N-dealkylation sites (N-methyl/N-ethyl adjacent to an activating group) is 1. The molecular weight excluding hydrogens is 210 g/mol. The van der Waals surface area contributed by atoms with Gasteiger partial charge in [0.2, 0.25) is 0 Å². The van der Waals surface area contributed by atoms with E-state index in [1.54, 1.807) is 12.1 Å². The van der Waals surface area contributed by atoms with E-state index in [4.69, 9.17) is 0 Å². The van der Waals surface area contributed by atoms with Gasteiger partial charge in [0.25, 0.3) is 0 Å². The second kappa shape index (κ2) is 5.51. The van der Waals surface area contributed by atoms with E-state index in [0.717, 1.165) is 6.42 Å². The van der Waals surface area contributed by atoms with E-state index in [2.05, 4.69) is 29.6 Å². The molecule has 2 rings (SSSR count). The molecule has 0 aliphatic rings. The van der Waals surface area contributed by atoms with Gasteiger partial charge in [0.05, 0.1) is 0 Å². The Morgan fingerprint density at radius 1 is 1.00 bits per heavy atom. The summed E-state index contributed by atoms with van der Waals surface area (Å²) in [5.41, 5.74) is 2.49. The molecule has 0 amide bonds. The lowest BCUT2D eigenvalue weighted by Gasteiger charge is -2.16. The summed E-state index contributed by atoms with van der Waals surface area (Å²) in [7, 11) is 1.96. The first-order valence-electron chi connectivity index (χ1n) is 5.79. The van der Waals surface area contributed by atoms with Crippen molar-refractivity contribution in [3.63, 3.8) is 0 Å². The predicted molar refractivity (Wildman–Crippen MR) is 70.1 cm³/mol. The summed E-state index contributed by atoms with van der Waals surface area (Å²) in [5, 5.41) is 12.6. The first-order chi connectivity index (χ1) is 8.29. The fraction of sp³-hybridized carbons (Fsp3) is 0.200. The number of aromatic hydroxyl groups is 1. The third-order valence-corrected chi connectivity index (χ3v) is 2.93. The van der Waals surface area contributed by atoms with Gasteiger partial charge in [0.15, 0.2) is 0 Å². The number of phenolic OH excluding ortho intramolecular Hbond substituents is 1. The minimum Gasteiger partial charge on any atom is -0.508 e. The number of nitrogens with one attached hydrogen (secondary N) is 1. The van der Waals surface area contributed by atoms with E-state index in [1.807, 2.05) is 25.2 Å². The van der Waals surface area contributed by atoms with Crippen molar-refractivity contribution in [1.82, 2.24) is 5.32 Å². The molecule has 0 aliphatic carbocycles. The smallest absolute Gasteiger partial charge is 0.115 e. The first kappa shape index (κ1) is 11.7. The Bertz CT molecular complexity index is 450. The van der Waals surface area contributed by atoms with Crippen LogP contribution in [0.5, 0.6) is 5.75 Å². The van der Waals surface area contributed by atoms with E-state index in [1.165, 1.54) is 11.1 Å². The van der Waals surface area contributed by atoms with Crippen LogP contribution in [0.4, 0.5) is 0 Å². The second-order valence-corrected chi connectivity index (χ2v) is 4.12. The Kier molecular flexibility index (Phi) is 3.78. The van der Waals surface area contributed by atoms with Crippen molar-refractivity contribution < 1.29 is 5.11 Å². The zero-order valence-corrected chi connectivity index (χ0v) is 9.93. The molecule has 0 heterocycles. The molecule has 2 N–H and O–H groups in total. The van der Waals surface area contributed by atoms with Crippen LogP contribution in [0.2, 0.25) is 0 Å². The van der Waals surface area contributed by atoms with Crippen LogP contribution in [0, 0.1) is 0 Å². The van der Waals surface area contributed by atoms with Gasteiger partial charge < -0.3 is 10.4 Å². The lowest BCUT2D eigenvalue weighted by Crippen LogP contribution is -2.18. The van der Waals surface area contributed by atoms with Crippen molar-refractivity contribution in [3.05, 3.63) is 65.7 Å². The van der Waals surface area contributed by atoms with Gasteiger partial charge >= 0.3 is 0 Å². The highest BCUT2D eigenvalue weighted by Gasteiger charge is 2.09. The topological polar surface area (TPSA) is 32.3 Å². The maximum Gasteiger partial charge on any atom is 0.115 e. The molecule has 0 saturated heterocycles. The fourth-order valence-corrected chi connectivity index (χ4v) is 1.94. The Morgan fingerprint density at radius 3 is 2.24 bits per heavy atom. The average molecular weight is 227 g/mol. The molecule has 0 aliphatic heterocycles. The molecular formula is C15H17NO. The van der Waals surface area contributed by atoms with Crippen LogP contribution in [-0.2, 0) is 6.42 Å². The van der Waals surface area contributed by atoms with Gasteiger partial charge in [-0.3, -0.25) is 0 Å². The summed E-state index contributed by atoms with van der Waals surface area (Å²) >= 11 is 0. The third kappa shape index (κ3) is 3.08. The Labute approximate surface area is 102 Å². The summed E-state index contributed by atoms with van der Waals surface area (Å²) in [6.45, 7) is 0. The van der Waals surface area contributed by atoms with Gasteiger partial charge in [-0.2, -0.15) is 0 Å². The molecule has 1 unspecified atom stereocenters. The third-order valence-electron chi connectivity index (χ3n) is 2.93. The lowest BCUT2D eigenvalue weighted by molar-refractivity contribution is 0.474. The van der Waals surface area contributed by atoms with Crippen molar-refractivity contribution in [1.29, 1.82) is 0 Å². The second-order valence-electron chi connectivity index (χ2n) is 4.12. The van der Waals surface area contributed by atoms with Gasteiger partial charge in [0.1, 0.15) is 5.75 Å². The van der Waals surface area contributed by atoms with Crippen LogP contribution >= 0.6 is 0 Å². The zero-order valence-electron chi connectivity index (χ0n) is 9.93. The SMILES string of the molecule is CNC(Cc1ccccc1)c1ccc(O)cc1. The summed E-state index contributed by atoms with van der Waals surface area (Å²) in [6.07, 6.45) is 0.947. The molecule has 1 atom stereocenters. The van der Waals surface area contributed by atoms with Crippen LogP contribution < -0.4 is 5.32 Å². The van der Waals surface area contributed by atoms with Crippen LogP contribution in [0.15, 0.2) is 54.6 Å². The van der Waals surface area contributed by atoms with E-state index in [-0.39, 0.29) is 6.04 Å². The summed E-state index contributed by atoms with van der Waals surface area (Å²) < 4.78 is 0. The molecule has 2 aromatic rings. The first-order valence-corrected chi connectivity index (χ1v) is 5.79. The molecule has 2 heteroatoms. The van der Waals surface area contributed by atoms with E-state index >= 15 is 0 Å². The molecule has 2 aromatic carbocycles. The van der Waals surface area contributed by atoms with Crippen molar-refractivity contribution in [3.8, 4) is 5.75 Å². The van der Waals surface area contributed by atoms with Gasteiger partial charge in [0, 0.05) is 6.04 Å². The minimum atomic E-state index is 0.276. The molecule has 0 saturated carbocycles. The van der Waals surface area contributed by atoms with Gasteiger partial charge in [-0.15, -0.1) is 0 Å². The van der Waals surface area contributed by atoms with E-state index < -0.39 is 0 Å². The average Bonchev–Trinajstić information content (AvgIpc) is 2.38. The highest BCUT2D eigenvalue weighted by atomic mass is 16.3. The Hall–Kier alpha value is -1.80. The van der Waals surface area contributed by atoms with E-state index in [0.29, 0.717) is 5.75 Å². The van der Waals surface area contributed by atoms with Gasteiger partial charge in [-0.05, 0) is 36.7 Å². The molecule has 0 aromatic heterocycles. The van der Waals surface area contributed by atoms with E-state index in [9.17, 15) is 5.11 Å². The maximum absolute atomic E-state index is 9.28. The number of rotatable bonds is 4. The maximum atomic E-state index is 9.28. The monoisotopic (exact) mass is 227 g/mol. The number of benzene rings is 2. The van der Waals surface area contributed by atoms with Crippen molar-refractivity contribution in [2.75, 3.05) is 7.05 Å². The molecule has 0 bridgehead atoms. The van der Waals surface area contributed by atoms with Crippen molar-refractivity contribution in [2.45, 2.75) is 12.5 Å². The number of phenols is 1. The van der Waals surface area contributed by atoms with Crippen LogP contribution in [-0.4, -0.2) is 12.2 Å². The van der Waals surface area contributed by atoms with Crippen LogP contribution in [0.25, 0.3) is 0 Å². The highest BCUT2D eigenvalue weighted by molar-refractivity contribution is 5.29. The Balaban J connectivity index is 2.14. The van der Waals surface area contributed by atoms with Crippen LogP contribution in [0.3, 0.4) is 0 Å². The van der Waals surface area contributed by atoms with Crippen molar-refractivity contribution in [2.24, 2.45) is 0 Å². The predicted octanol–water partition coefficient (Wildman–Crippen LogP) is 2.90. The fourth-order valence-electron chi connectivity index (χ4n) is 1.94. The van der Waals surface area contributed by atoms with Crippen molar-refractivity contribution >= 4 is 0 Å². The molecule has 0 spiro atoms. The number of hydrogen-bond donors (Lipinski definition) is 2. The van der Waals surface area contributed by atoms with Crippen LogP contribution in [0.1, 0.15) is 17.2 Å². The number of hydrogen-bond acceptors (Lipinski definition) is 2. The molecule has 88 valence electrons. The molecule has 0 radical (unpaired) electrons. The quantitative estimate of drug-likeness (QED) is 0.841. The summed E-state index contributed by atoms with van der Waals surface area (Å²) in [6, 6.07) is 18.0.